The van der Waals surface area contributed by atoms with Crippen molar-refractivity contribution in [2.45, 2.75) is 12.5 Å². The summed E-state index contributed by atoms with van der Waals surface area (Å²) in [4.78, 5) is 0. The number of ether oxygens (including phenoxy) is 1. The number of hydrogen-bond donors (Lipinski definition) is 1. The highest BCUT2D eigenvalue weighted by atomic mass is 35.5. The second-order valence-corrected chi connectivity index (χ2v) is 4.56. The molecule has 2 nitrogen and oxygen atoms in total. The maximum atomic E-state index is 10.1. The lowest BCUT2D eigenvalue weighted by atomic mass is 9.95. The zero-order chi connectivity index (χ0) is 10.8. The van der Waals surface area contributed by atoms with Crippen molar-refractivity contribution in [2.24, 2.45) is 5.92 Å². The van der Waals surface area contributed by atoms with Crippen LogP contribution in [0, 0.1) is 5.92 Å². The van der Waals surface area contributed by atoms with Crippen molar-refractivity contribution < 1.29 is 9.84 Å². The zero-order valence-electron chi connectivity index (χ0n) is 8.12. The SMILES string of the molecule is OC(c1ccc(Cl)c(Cl)c1)C1CCOC1. The van der Waals surface area contributed by atoms with E-state index in [0.29, 0.717) is 16.7 Å². The molecule has 1 aliphatic heterocycles. The van der Waals surface area contributed by atoms with Gasteiger partial charge in [-0.25, -0.2) is 0 Å². The lowest BCUT2D eigenvalue weighted by Crippen LogP contribution is -2.12. The summed E-state index contributed by atoms with van der Waals surface area (Å²) in [6, 6.07) is 5.22. The van der Waals surface area contributed by atoms with Crippen molar-refractivity contribution in [3.05, 3.63) is 33.8 Å². The van der Waals surface area contributed by atoms with Crippen molar-refractivity contribution in [1.29, 1.82) is 0 Å². The van der Waals surface area contributed by atoms with Crippen LogP contribution in [0.1, 0.15) is 18.1 Å². The molecular formula is C11H12Cl2O2. The molecule has 4 heteroatoms. The first kappa shape index (κ1) is 11.2. The van der Waals surface area contributed by atoms with Gasteiger partial charge in [0.15, 0.2) is 0 Å². The van der Waals surface area contributed by atoms with E-state index in [9.17, 15) is 5.11 Å². The van der Waals surface area contributed by atoms with E-state index >= 15 is 0 Å². The van der Waals surface area contributed by atoms with Crippen LogP contribution in [-0.2, 0) is 4.74 Å². The Morgan fingerprint density at radius 1 is 1.33 bits per heavy atom. The standard InChI is InChI=1S/C11H12Cl2O2/c12-9-2-1-7(5-10(9)13)11(14)8-3-4-15-6-8/h1-2,5,8,11,14H,3-4,6H2. The van der Waals surface area contributed by atoms with Crippen LogP contribution >= 0.6 is 23.2 Å². The highest BCUT2D eigenvalue weighted by Crippen LogP contribution is 2.32. The zero-order valence-corrected chi connectivity index (χ0v) is 9.63. The number of aliphatic hydroxyl groups is 1. The van der Waals surface area contributed by atoms with Gasteiger partial charge in [-0.05, 0) is 24.1 Å². The van der Waals surface area contributed by atoms with Gasteiger partial charge in [-0.3, -0.25) is 0 Å². The van der Waals surface area contributed by atoms with Gasteiger partial charge in [0.2, 0.25) is 0 Å². The van der Waals surface area contributed by atoms with Crippen molar-refractivity contribution in [2.75, 3.05) is 13.2 Å². The minimum Gasteiger partial charge on any atom is -0.388 e. The molecule has 1 aromatic carbocycles. The van der Waals surface area contributed by atoms with E-state index in [2.05, 4.69) is 0 Å². The minimum atomic E-state index is -0.512. The summed E-state index contributed by atoms with van der Waals surface area (Å²) in [5, 5.41) is 11.0. The first-order chi connectivity index (χ1) is 7.18. The molecule has 1 aromatic rings. The van der Waals surface area contributed by atoms with Crippen LogP contribution in [0.2, 0.25) is 10.0 Å². The van der Waals surface area contributed by atoms with Gasteiger partial charge in [-0.15, -0.1) is 0 Å². The van der Waals surface area contributed by atoms with Crippen molar-refractivity contribution in [3.63, 3.8) is 0 Å². The van der Waals surface area contributed by atoms with Gasteiger partial charge in [0, 0.05) is 12.5 Å². The monoisotopic (exact) mass is 246 g/mol. The van der Waals surface area contributed by atoms with Gasteiger partial charge in [-0.2, -0.15) is 0 Å². The second kappa shape index (κ2) is 4.71. The summed E-state index contributed by atoms with van der Waals surface area (Å²) in [5.41, 5.74) is 0.805. The Morgan fingerprint density at radius 2 is 2.13 bits per heavy atom. The summed E-state index contributed by atoms with van der Waals surface area (Å²) in [6.45, 7) is 1.34. The van der Waals surface area contributed by atoms with Crippen LogP contribution in [0.3, 0.4) is 0 Å². The smallest absolute Gasteiger partial charge is 0.0841 e. The largest absolute Gasteiger partial charge is 0.388 e. The lowest BCUT2D eigenvalue weighted by Gasteiger charge is -2.17. The first-order valence-electron chi connectivity index (χ1n) is 4.89. The second-order valence-electron chi connectivity index (χ2n) is 3.74. The molecule has 0 saturated carbocycles. The van der Waals surface area contributed by atoms with Crippen LogP contribution in [0.5, 0.6) is 0 Å². The molecule has 0 amide bonds. The first-order valence-corrected chi connectivity index (χ1v) is 5.65. The summed E-state index contributed by atoms with van der Waals surface area (Å²) >= 11 is 11.7. The Morgan fingerprint density at radius 3 is 2.73 bits per heavy atom. The third kappa shape index (κ3) is 2.45. The Kier molecular flexibility index (Phi) is 3.52. The maximum absolute atomic E-state index is 10.1. The fourth-order valence-electron chi connectivity index (χ4n) is 1.77. The highest BCUT2D eigenvalue weighted by Gasteiger charge is 2.25. The van der Waals surface area contributed by atoms with Gasteiger partial charge in [0.1, 0.15) is 0 Å². The number of halogens is 2. The quantitative estimate of drug-likeness (QED) is 0.870. The topological polar surface area (TPSA) is 29.5 Å². The molecule has 0 aromatic heterocycles. The molecule has 2 unspecified atom stereocenters. The lowest BCUT2D eigenvalue weighted by molar-refractivity contribution is 0.0918. The van der Waals surface area contributed by atoms with E-state index in [1.807, 2.05) is 0 Å². The molecule has 2 atom stereocenters. The Bertz CT molecular complexity index is 348. The van der Waals surface area contributed by atoms with Gasteiger partial charge in [0.25, 0.3) is 0 Å². The maximum Gasteiger partial charge on any atom is 0.0841 e. The van der Waals surface area contributed by atoms with E-state index < -0.39 is 6.10 Å². The predicted octanol–water partition coefficient (Wildman–Crippen LogP) is 3.06. The molecule has 0 radical (unpaired) electrons. The summed E-state index contributed by atoms with van der Waals surface area (Å²) in [7, 11) is 0. The Balaban J connectivity index is 2.17. The van der Waals surface area contributed by atoms with Gasteiger partial charge in [-0.1, -0.05) is 29.3 Å². The third-order valence-corrected chi connectivity index (χ3v) is 3.44. The molecule has 0 bridgehead atoms. The van der Waals surface area contributed by atoms with Crippen molar-refractivity contribution in [3.8, 4) is 0 Å². The molecule has 1 saturated heterocycles. The van der Waals surface area contributed by atoms with Crippen molar-refractivity contribution >= 4 is 23.2 Å². The molecule has 1 N–H and O–H groups in total. The van der Waals surface area contributed by atoms with E-state index in [0.717, 1.165) is 18.6 Å². The molecule has 15 heavy (non-hydrogen) atoms. The van der Waals surface area contributed by atoms with Crippen LogP contribution in [0.4, 0.5) is 0 Å². The van der Waals surface area contributed by atoms with Crippen molar-refractivity contribution in [1.82, 2.24) is 0 Å². The van der Waals surface area contributed by atoms with Crippen LogP contribution in [0.25, 0.3) is 0 Å². The molecular weight excluding hydrogens is 235 g/mol. The molecule has 2 rings (SSSR count). The minimum absolute atomic E-state index is 0.169. The molecule has 1 aliphatic rings. The summed E-state index contributed by atoms with van der Waals surface area (Å²) in [5.74, 6) is 0.169. The number of benzene rings is 1. The molecule has 1 fully saturated rings. The summed E-state index contributed by atoms with van der Waals surface area (Å²) < 4.78 is 5.23. The van der Waals surface area contributed by atoms with Crippen LogP contribution < -0.4 is 0 Å². The van der Waals surface area contributed by atoms with E-state index in [1.54, 1.807) is 18.2 Å². The number of hydrogen-bond acceptors (Lipinski definition) is 2. The third-order valence-electron chi connectivity index (χ3n) is 2.70. The fraction of sp³-hybridized carbons (Fsp3) is 0.455. The molecule has 82 valence electrons. The van der Waals surface area contributed by atoms with E-state index in [4.69, 9.17) is 27.9 Å². The number of aliphatic hydroxyl groups excluding tert-OH is 1. The predicted molar refractivity (Wildman–Crippen MR) is 60.3 cm³/mol. The van der Waals surface area contributed by atoms with Gasteiger partial charge < -0.3 is 9.84 Å². The van der Waals surface area contributed by atoms with E-state index in [-0.39, 0.29) is 5.92 Å². The number of rotatable bonds is 2. The van der Waals surface area contributed by atoms with Gasteiger partial charge in [0.05, 0.1) is 22.8 Å². The molecule has 1 heterocycles. The molecule has 0 spiro atoms. The van der Waals surface area contributed by atoms with Gasteiger partial charge >= 0.3 is 0 Å². The Labute approximate surface area is 98.8 Å². The van der Waals surface area contributed by atoms with Crippen LogP contribution in [-0.4, -0.2) is 18.3 Å². The van der Waals surface area contributed by atoms with Crippen LogP contribution in [0.15, 0.2) is 18.2 Å². The molecule has 0 aliphatic carbocycles. The average Bonchev–Trinajstić information content (AvgIpc) is 2.74. The van der Waals surface area contributed by atoms with E-state index in [1.165, 1.54) is 0 Å². The highest BCUT2D eigenvalue weighted by molar-refractivity contribution is 6.42. The fourth-order valence-corrected chi connectivity index (χ4v) is 2.08. The normalized spacial score (nSPS) is 23.0. The Hall–Kier alpha value is -0.280. The summed E-state index contributed by atoms with van der Waals surface area (Å²) in [6.07, 6.45) is 0.378. The average molecular weight is 247 g/mol.